The van der Waals surface area contributed by atoms with E-state index in [1.54, 1.807) is 12.1 Å². The quantitative estimate of drug-likeness (QED) is 0.625. The second kappa shape index (κ2) is 8.79. The third-order valence-electron chi connectivity index (χ3n) is 5.51. The Morgan fingerprint density at radius 1 is 0.938 bits per heavy atom. The van der Waals surface area contributed by atoms with Crippen molar-refractivity contribution in [3.05, 3.63) is 53.1 Å². The summed E-state index contributed by atoms with van der Waals surface area (Å²) in [7, 11) is -1.68. The van der Waals surface area contributed by atoms with Gasteiger partial charge in [-0.3, -0.25) is 0 Å². The Labute approximate surface area is 185 Å². The summed E-state index contributed by atoms with van der Waals surface area (Å²) in [4.78, 5) is 24.0. The molecule has 0 aromatic heterocycles. The van der Waals surface area contributed by atoms with Crippen LogP contribution in [-0.2, 0) is 19.5 Å². The number of benzene rings is 2. The molecule has 32 heavy (non-hydrogen) atoms. The average Bonchev–Trinajstić information content (AvgIpc) is 3.33. The van der Waals surface area contributed by atoms with Crippen molar-refractivity contribution in [3.8, 4) is 11.5 Å². The number of carbonyl (C=O) groups is 2. The molecule has 0 amide bonds. The van der Waals surface area contributed by atoms with Crippen molar-refractivity contribution in [2.75, 3.05) is 34.0 Å². The molecule has 0 unspecified atom stereocenters. The summed E-state index contributed by atoms with van der Waals surface area (Å²) >= 11 is 0. The van der Waals surface area contributed by atoms with Gasteiger partial charge in [-0.25, -0.2) is 18.0 Å². The van der Waals surface area contributed by atoms with Gasteiger partial charge in [-0.1, -0.05) is 6.07 Å². The fourth-order valence-electron chi connectivity index (χ4n) is 3.98. The molecule has 1 saturated heterocycles. The van der Waals surface area contributed by atoms with E-state index in [1.165, 1.54) is 36.7 Å². The van der Waals surface area contributed by atoms with Crippen LogP contribution in [0.15, 0.2) is 41.3 Å². The van der Waals surface area contributed by atoms with Crippen LogP contribution < -0.4 is 9.47 Å². The predicted molar refractivity (Wildman–Crippen MR) is 112 cm³/mol. The van der Waals surface area contributed by atoms with E-state index in [2.05, 4.69) is 0 Å². The lowest BCUT2D eigenvalue weighted by Crippen LogP contribution is -2.31. The fourth-order valence-corrected chi connectivity index (χ4v) is 5.74. The summed E-state index contributed by atoms with van der Waals surface area (Å²) in [6, 6.07) is 8.67. The molecule has 0 N–H and O–H groups in total. The highest BCUT2D eigenvalue weighted by molar-refractivity contribution is 7.89. The molecule has 0 saturated carbocycles. The van der Waals surface area contributed by atoms with Gasteiger partial charge < -0.3 is 18.9 Å². The number of hydrogen-bond donors (Lipinski definition) is 0. The zero-order chi connectivity index (χ0) is 22.9. The van der Waals surface area contributed by atoms with E-state index < -0.39 is 28.0 Å². The number of methoxy groups -OCH3 is 2. The first-order valence-electron chi connectivity index (χ1n) is 10.1. The molecule has 1 atom stereocenters. The number of carbonyl (C=O) groups excluding carboxylic acids is 2. The molecule has 0 bridgehead atoms. The maximum absolute atomic E-state index is 13.6. The first-order chi connectivity index (χ1) is 15.3. The van der Waals surface area contributed by atoms with Gasteiger partial charge >= 0.3 is 11.9 Å². The lowest BCUT2D eigenvalue weighted by Gasteiger charge is -2.26. The van der Waals surface area contributed by atoms with Crippen molar-refractivity contribution in [2.24, 2.45) is 0 Å². The number of esters is 2. The highest BCUT2D eigenvalue weighted by Gasteiger charge is 2.37. The molecule has 1 fully saturated rings. The smallest absolute Gasteiger partial charge is 0.337 e. The highest BCUT2D eigenvalue weighted by Crippen LogP contribution is 2.40. The van der Waals surface area contributed by atoms with Crippen molar-refractivity contribution in [3.63, 3.8) is 0 Å². The molecule has 2 aromatic rings. The second-order valence-electron chi connectivity index (χ2n) is 7.41. The van der Waals surface area contributed by atoms with Crippen molar-refractivity contribution in [1.82, 2.24) is 4.31 Å². The van der Waals surface area contributed by atoms with E-state index >= 15 is 0 Å². The summed E-state index contributed by atoms with van der Waals surface area (Å²) in [5.41, 5.74) is 0.681. The van der Waals surface area contributed by atoms with Gasteiger partial charge in [-0.2, -0.15) is 4.31 Å². The topological polar surface area (TPSA) is 108 Å². The van der Waals surface area contributed by atoms with Gasteiger partial charge in [0.2, 0.25) is 10.0 Å². The summed E-state index contributed by atoms with van der Waals surface area (Å²) < 4.78 is 49.2. The van der Waals surface area contributed by atoms with Crippen LogP contribution in [-0.4, -0.2) is 58.6 Å². The van der Waals surface area contributed by atoms with Crippen LogP contribution >= 0.6 is 0 Å². The van der Waals surface area contributed by atoms with E-state index in [9.17, 15) is 18.0 Å². The monoisotopic (exact) mass is 461 g/mol. The first kappa shape index (κ1) is 22.1. The molecule has 2 heterocycles. The van der Waals surface area contributed by atoms with Gasteiger partial charge in [0.1, 0.15) is 13.2 Å². The van der Waals surface area contributed by atoms with Crippen molar-refractivity contribution in [2.45, 2.75) is 23.8 Å². The molecular formula is C22H23NO8S. The molecule has 0 radical (unpaired) electrons. The Morgan fingerprint density at radius 2 is 1.56 bits per heavy atom. The molecular weight excluding hydrogens is 438 g/mol. The minimum Gasteiger partial charge on any atom is -0.486 e. The Hall–Kier alpha value is -3.11. The Morgan fingerprint density at radius 3 is 2.19 bits per heavy atom. The molecule has 4 rings (SSSR count). The number of nitrogens with zero attached hydrogens (tertiary/aromatic N) is 1. The average molecular weight is 461 g/mol. The first-order valence-corrected chi connectivity index (χ1v) is 11.5. The zero-order valence-electron chi connectivity index (χ0n) is 17.7. The molecule has 2 aliphatic rings. The van der Waals surface area contributed by atoms with Gasteiger partial charge in [0.05, 0.1) is 36.3 Å². The Kier molecular flexibility index (Phi) is 6.07. The number of sulfonamides is 1. The summed E-state index contributed by atoms with van der Waals surface area (Å²) in [5.74, 6) is -0.298. The van der Waals surface area contributed by atoms with Gasteiger partial charge in [0, 0.05) is 6.54 Å². The lowest BCUT2D eigenvalue weighted by atomic mass is 10.0. The van der Waals surface area contributed by atoms with Crippen LogP contribution in [0, 0.1) is 0 Å². The van der Waals surface area contributed by atoms with Gasteiger partial charge in [-0.05, 0) is 48.7 Å². The van der Waals surface area contributed by atoms with Gasteiger partial charge in [0.25, 0.3) is 0 Å². The summed E-state index contributed by atoms with van der Waals surface area (Å²) in [5, 5.41) is 0. The van der Waals surface area contributed by atoms with Crippen LogP contribution in [0.5, 0.6) is 11.5 Å². The van der Waals surface area contributed by atoms with Crippen molar-refractivity contribution in [1.29, 1.82) is 0 Å². The van der Waals surface area contributed by atoms with E-state index in [4.69, 9.17) is 18.9 Å². The minimum atomic E-state index is -4.04. The number of fused-ring (bicyclic) bond motifs is 1. The standard InChI is InChI=1S/C22H23NO8S/c1-28-21(24)15-10-16(22(25)29-2)12-17(11-15)32(26,27)23-7-3-4-18(23)14-5-6-19-20(13-14)31-9-8-30-19/h5-6,10-13,18H,3-4,7-9H2,1-2H3/t18-/m0/s1. The van der Waals surface area contributed by atoms with Crippen molar-refractivity contribution >= 4 is 22.0 Å². The van der Waals surface area contributed by atoms with Crippen LogP contribution in [0.25, 0.3) is 0 Å². The zero-order valence-corrected chi connectivity index (χ0v) is 18.5. The maximum atomic E-state index is 13.6. The van der Waals surface area contributed by atoms with Crippen LogP contribution in [0.1, 0.15) is 45.2 Å². The van der Waals surface area contributed by atoms with E-state index in [0.717, 1.165) is 5.56 Å². The van der Waals surface area contributed by atoms with Crippen molar-refractivity contribution < 1.29 is 37.0 Å². The summed E-state index contributed by atoms with van der Waals surface area (Å²) in [6.07, 6.45) is 1.29. The molecule has 170 valence electrons. The Balaban J connectivity index is 1.73. The van der Waals surface area contributed by atoms with Crippen LogP contribution in [0.3, 0.4) is 0 Å². The molecule has 9 nitrogen and oxygen atoms in total. The van der Waals surface area contributed by atoms with Crippen LogP contribution in [0.2, 0.25) is 0 Å². The number of rotatable bonds is 5. The Bertz CT molecular complexity index is 1130. The molecule has 10 heteroatoms. The van der Waals surface area contributed by atoms with Gasteiger partial charge in [-0.15, -0.1) is 0 Å². The minimum absolute atomic E-state index is 0.0518. The fraction of sp³-hybridized carbons (Fsp3) is 0.364. The summed E-state index contributed by atoms with van der Waals surface area (Å²) in [6.45, 7) is 1.20. The molecule has 2 aromatic carbocycles. The second-order valence-corrected chi connectivity index (χ2v) is 9.30. The van der Waals surface area contributed by atoms with E-state index in [1.807, 2.05) is 6.07 Å². The van der Waals surface area contributed by atoms with E-state index in [-0.39, 0.29) is 16.0 Å². The predicted octanol–water partition coefficient (Wildman–Crippen LogP) is 2.56. The SMILES string of the molecule is COC(=O)c1cc(C(=O)OC)cc(S(=O)(=O)N2CCC[C@H]2c2ccc3c(c2)OCCO3)c1. The normalized spacial score (nSPS) is 18.2. The van der Waals surface area contributed by atoms with Gasteiger partial charge in [0.15, 0.2) is 11.5 Å². The van der Waals surface area contributed by atoms with Crippen LogP contribution in [0.4, 0.5) is 0 Å². The lowest BCUT2D eigenvalue weighted by molar-refractivity contribution is 0.0598. The maximum Gasteiger partial charge on any atom is 0.337 e. The number of hydrogen-bond acceptors (Lipinski definition) is 8. The molecule has 0 aliphatic carbocycles. The largest absolute Gasteiger partial charge is 0.486 e. The molecule has 2 aliphatic heterocycles. The van der Waals surface area contributed by atoms with E-state index in [0.29, 0.717) is 44.1 Å². The molecule has 0 spiro atoms. The third-order valence-corrected chi connectivity index (χ3v) is 7.40. The highest BCUT2D eigenvalue weighted by atomic mass is 32.2. The third kappa shape index (κ3) is 4.03. The number of ether oxygens (including phenoxy) is 4.